The fourth-order valence-corrected chi connectivity index (χ4v) is 1.98. The van der Waals surface area contributed by atoms with Crippen molar-refractivity contribution >= 4 is 22.8 Å². The van der Waals surface area contributed by atoms with Gasteiger partial charge >= 0.3 is 5.97 Å². The Kier molecular flexibility index (Phi) is 2.88. The minimum Gasteiger partial charge on any atom is -0.481 e. The smallest absolute Gasteiger partial charge is 0.306 e. The number of nitrogens with zero attached hydrogens (tertiary/aromatic N) is 3. The minimum atomic E-state index is -1.25. The third-order valence-corrected chi connectivity index (χ3v) is 2.94. The Hall–Kier alpha value is -1.47. The molecule has 1 aliphatic carbocycles. The van der Waals surface area contributed by atoms with Crippen LogP contribution in [0, 0.1) is 5.92 Å². The number of hydrogen-bond donors (Lipinski definition) is 2. The Labute approximate surface area is 101 Å². The van der Waals surface area contributed by atoms with Crippen molar-refractivity contribution in [3.8, 4) is 0 Å². The molecule has 1 fully saturated rings. The summed E-state index contributed by atoms with van der Waals surface area (Å²) in [7, 11) is 0. The van der Waals surface area contributed by atoms with Gasteiger partial charge in [-0.15, -0.1) is 5.10 Å². The number of carboxylic acids is 1. The van der Waals surface area contributed by atoms with E-state index in [1.807, 2.05) is 0 Å². The van der Waals surface area contributed by atoms with Crippen molar-refractivity contribution in [3.63, 3.8) is 0 Å². The summed E-state index contributed by atoms with van der Waals surface area (Å²) in [5.74, 6) is -1.49. The van der Waals surface area contributed by atoms with Gasteiger partial charge in [-0.05, 0) is 24.4 Å². The van der Waals surface area contributed by atoms with Crippen LogP contribution >= 0.6 is 11.6 Å². The second kappa shape index (κ2) is 4.08. The van der Waals surface area contributed by atoms with Crippen LogP contribution in [0.3, 0.4) is 0 Å². The van der Waals surface area contributed by atoms with E-state index in [0.29, 0.717) is 0 Å². The van der Waals surface area contributed by atoms with E-state index in [2.05, 4.69) is 10.3 Å². The van der Waals surface area contributed by atoms with E-state index in [1.54, 1.807) is 0 Å². The molecule has 0 amide bonds. The number of carbonyl (C=O) groups excluding carboxylic acids is 1. The standard InChI is InChI=1S/C9H10ClN3O4/c10-7(14)4-13-3-6(11-12-13)9(17)1-5(2-9)8(15)16/h3,5,17H,1-2,4H2,(H,15,16). The molecule has 1 aromatic heterocycles. The molecule has 92 valence electrons. The maximum atomic E-state index is 10.6. The SMILES string of the molecule is O=C(Cl)Cn1cc(C2(O)CC(C(=O)O)C2)nn1. The lowest BCUT2D eigenvalue weighted by Crippen LogP contribution is -2.44. The van der Waals surface area contributed by atoms with Gasteiger partial charge < -0.3 is 10.2 Å². The van der Waals surface area contributed by atoms with Crippen molar-refractivity contribution in [1.82, 2.24) is 15.0 Å². The molecule has 7 nitrogen and oxygen atoms in total. The van der Waals surface area contributed by atoms with Crippen LogP contribution in [0.2, 0.25) is 0 Å². The number of aromatic nitrogens is 3. The number of rotatable bonds is 4. The fourth-order valence-electron chi connectivity index (χ4n) is 1.86. The van der Waals surface area contributed by atoms with E-state index in [0.717, 1.165) is 0 Å². The van der Waals surface area contributed by atoms with E-state index in [1.165, 1.54) is 10.9 Å². The zero-order valence-corrected chi connectivity index (χ0v) is 9.46. The second-order valence-electron chi connectivity index (χ2n) is 4.13. The van der Waals surface area contributed by atoms with Crippen LogP contribution in [-0.2, 0) is 21.7 Å². The summed E-state index contributed by atoms with van der Waals surface area (Å²) >= 11 is 5.18. The zero-order chi connectivity index (χ0) is 12.6. The first-order chi connectivity index (χ1) is 7.90. The summed E-state index contributed by atoms with van der Waals surface area (Å²) in [5, 5.41) is 25.5. The predicted molar refractivity (Wildman–Crippen MR) is 55.1 cm³/mol. The largest absolute Gasteiger partial charge is 0.481 e. The highest BCUT2D eigenvalue weighted by molar-refractivity contribution is 6.63. The van der Waals surface area contributed by atoms with Crippen molar-refractivity contribution < 1.29 is 19.8 Å². The highest BCUT2D eigenvalue weighted by Crippen LogP contribution is 2.44. The van der Waals surface area contributed by atoms with Gasteiger partial charge in [0.2, 0.25) is 5.24 Å². The molecule has 2 rings (SSSR count). The third kappa shape index (κ3) is 2.29. The number of halogens is 1. The highest BCUT2D eigenvalue weighted by atomic mass is 35.5. The average molecular weight is 260 g/mol. The molecule has 0 saturated heterocycles. The van der Waals surface area contributed by atoms with E-state index in [4.69, 9.17) is 16.7 Å². The van der Waals surface area contributed by atoms with E-state index in [-0.39, 0.29) is 25.1 Å². The first kappa shape index (κ1) is 12.0. The van der Waals surface area contributed by atoms with Gasteiger partial charge in [-0.3, -0.25) is 9.59 Å². The van der Waals surface area contributed by atoms with Crippen LogP contribution in [0.4, 0.5) is 0 Å². The lowest BCUT2D eigenvalue weighted by atomic mass is 9.69. The summed E-state index contributed by atoms with van der Waals surface area (Å²) in [4.78, 5) is 21.3. The molecule has 0 atom stereocenters. The number of aliphatic hydroxyl groups is 1. The maximum Gasteiger partial charge on any atom is 0.306 e. The molecule has 1 aromatic rings. The zero-order valence-electron chi connectivity index (χ0n) is 8.71. The number of aliphatic carboxylic acids is 1. The van der Waals surface area contributed by atoms with Crippen molar-refractivity contribution in [2.45, 2.75) is 25.0 Å². The van der Waals surface area contributed by atoms with Gasteiger partial charge in [0.05, 0.1) is 12.1 Å². The van der Waals surface area contributed by atoms with Gasteiger partial charge in [-0.25, -0.2) is 4.68 Å². The Morgan fingerprint density at radius 1 is 1.59 bits per heavy atom. The van der Waals surface area contributed by atoms with Crippen LogP contribution in [0.25, 0.3) is 0 Å². The van der Waals surface area contributed by atoms with E-state index >= 15 is 0 Å². The summed E-state index contributed by atoms with van der Waals surface area (Å²) in [5.41, 5.74) is -0.982. The quantitative estimate of drug-likeness (QED) is 0.721. The first-order valence-electron chi connectivity index (χ1n) is 4.95. The number of hydrogen-bond acceptors (Lipinski definition) is 5. The number of carboxylic acid groups (broad SMARTS) is 1. The molecule has 1 heterocycles. The first-order valence-corrected chi connectivity index (χ1v) is 5.32. The summed E-state index contributed by atoms with van der Waals surface area (Å²) < 4.78 is 1.21. The molecule has 0 spiro atoms. The molecule has 1 aliphatic rings. The topological polar surface area (TPSA) is 105 Å². The lowest BCUT2D eigenvalue weighted by Gasteiger charge is -2.39. The minimum absolute atomic E-state index is 0.107. The Balaban J connectivity index is 2.06. The van der Waals surface area contributed by atoms with Gasteiger partial charge in [0.15, 0.2) is 0 Å². The lowest BCUT2D eigenvalue weighted by molar-refractivity contribution is -0.160. The van der Waals surface area contributed by atoms with Crippen LogP contribution in [0.5, 0.6) is 0 Å². The van der Waals surface area contributed by atoms with Crippen molar-refractivity contribution in [2.75, 3.05) is 0 Å². The number of carbonyl (C=O) groups is 2. The maximum absolute atomic E-state index is 10.6. The molecular weight excluding hydrogens is 250 g/mol. The molecule has 17 heavy (non-hydrogen) atoms. The van der Waals surface area contributed by atoms with Gasteiger partial charge in [0.1, 0.15) is 17.8 Å². The molecule has 0 bridgehead atoms. The van der Waals surface area contributed by atoms with Gasteiger partial charge in [-0.1, -0.05) is 5.21 Å². The predicted octanol–water partition coefficient (Wildman–Crippen LogP) is -0.274. The molecule has 0 aromatic carbocycles. The normalized spacial score (nSPS) is 27.5. The van der Waals surface area contributed by atoms with E-state index in [9.17, 15) is 14.7 Å². The van der Waals surface area contributed by atoms with Crippen LogP contribution < -0.4 is 0 Å². The molecule has 0 aliphatic heterocycles. The molecule has 2 N–H and O–H groups in total. The van der Waals surface area contributed by atoms with Gasteiger partial charge in [-0.2, -0.15) is 0 Å². The molecule has 8 heteroatoms. The average Bonchev–Trinajstić information content (AvgIpc) is 2.60. The summed E-state index contributed by atoms with van der Waals surface area (Å²) in [6.07, 6.45) is 1.62. The fraction of sp³-hybridized carbons (Fsp3) is 0.556. The summed E-state index contributed by atoms with van der Waals surface area (Å²) in [6.45, 7) is -0.132. The molecule has 0 unspecified atom stereocenters. The van der Waals surface area contributed by atoms with Gasteiger partial charge in [0, 0.05) is 0 Å². The van der Waals surface area contributed by atoms with Crippen molar-refractivity contribution in [2.24, 2.45) is 5.92 Å². The highest BCUT2D eigenvalue weighted by Gasteiger charge is 2.49. The van der Waals surface area contributed by atoms with E-state index < -0.39 is 22.7 Å². The second-order valence-corrected chi connectivity index (χ2v) is 4.55. The monoisotopic (exact) mass is 259 g/mol. The Morgan fingerprint density at radius 3 is 2.76 bits per heavy atom. The molecular formula is C9H10ClN3O4. The van der Waals surface area contributed by atoms with Crippen LogP contribution in [0.15, 0.2) is 6.20 Å². The Bertz CT molecular complexity index is 467. The van der Waals surface area contributed by atoms with Crippen molar-refractivity contribution in [1.29, 1.82) is 0 Å². The molecule has 0 radical (unpaired) electrons. The van der Waals surface area contributed by atoms with Crippen LogP contribution in [0.1, 0.15) is 18.5 Å². The Morgan fingerprint density at radius 2 is 2.24 bits per heavy atom. The summed E-state index contributed by atoms with van der Waals surface area (Å²) in [6, 6.07) is 0. The third-order valence-electron chi connectivity index (χ3n) is 2.82. The van der Waals surface area contributed by atoms with Gasteiger partial charge in [0.25, 0.3) is 0 Å². The van der Waals surface area contributed by atoms with Crippen LogP contribution in [-0.4, -0.2) is 36.4 Å². The molecule has 1 saturated carbocycles. The van der Waals surface area contributed by atoms with Crippen molar-refractivity contribution in [3.05, 3.63) is 11.9 Å².